The van der Waals surface area contributed by atoms with Crippen LogP contribution < -0.4 is 0 Å². The van der Waals surface area contributed by atoms with E-state index in [9.17, 15) is 5.26 Å². The lowest BCUT2D eigenvalue weighted by Gasteiger charge is -2.14. The maximum Gasteiger partial charge on any atom is 0.0961 e. The van der Waals surface area contributed by atoms with Crippen LogP contribution in [0.5, 0.6) is 0 Å². The van der Waals surface area contributed by atoms with Crippen molar-refractivity contribution in [2.75, 3.05) is 0 Å². The van der Waals surface area contributed by atoms with Gasteiger partial charge in [-0.05, 0) is 59.7 Å². The molecule has 1 aromatic heterocycles. The van der Waals surface area contributed by atoms with Crippen molar-refractivity contribution in [3.63, 3.8) is 0 Å². The summed E-state index contributed by atoms with van der Waals surface area (Å²) in [4.78, 5) is 4.51. The molecule has 1 aliphatic carbocycles. The summed E-state index contributed by atoms with van der Waals surface area (Å²) in [5.41, 5.74) is 10.3. The Morgan fingerprint density at radius 1 is 0.966 bits per heavy atom. The van der Waals surface area contributed by atoms with Gasteiger partial charge in [0.15, 0.2) is 0 Å². The van der Waals surface area contributed by atoms with E-state index in [4.69, 9.17) is 0 Å². The number of benzene rings is 3. The van der Waals surface area contributed by atoms with Gasteiger partial charge in [-0.3, -0.25) is 0 Å². The second-order valence-electron chi connectivity index (χ2n) is 7.62. The van der Waals surface area contributed by atoms with Crippen LogP contribution in [0.2, 0.25) is 0 Å². The van der Waals surface area contributed by atoms with E-state index in [-0.39, 0.29) is 0 Å². The van der Waals surface area contributed by atoms with Crippen molar-refractivity contribution in [1.29, 1.82) is 5.26 Å². The molecule has 0 fully saturated rings. The Morgan fingerprint density at radius 3 is 2.62 bits per heavy atom. The van der Waals surface area contributed by atoms with Gasteiger partial charge in [0, 0.05) is 17.7 Å². The summed E-state index contributed by atoms with van der Waals surface area (Å²) < 4.78 is 2.19. The summed E-state index contributed by atoms with van der Waals surface area (Å²) >= 11 is 0. The first-order valence-corrected chi connectivity index (χ1v) is 9.96. The van der Waals surface area contributed by atoms with Crippen molar-refractivity contribution in [2.24, 2.45) is 0 Å². The fourth-order valence-corrected chi connectivity index (χ4v) is 4.39. The third kappa shape index (κ3) is 3.03. The van der Waals surface area contributed by atoms with Gasteiger partial charge in [0.1, 0.15) is 0 Å². The molecule has 0 aliphatic heterocycles. The Bertz CT molecular complexity index is 1300. The van der Waals surface area contributed by atoms with Gasteiger partial charge in [-0.25, -0.2) is 4.98 Å². The summed E-state index contributed by atoms with van der Waals surface area (Å²) in [7, 11) is 0. The molecular weight excluding hydrogens is 354 g/mol. The largest absolute Gasteiger partial charge is 0.326 e. The van der Waals surface area contributed by atoms with Crippen molar-refractivity contribution in [3.8, 4) is 6.07 Å². The van der Waals surface area contributed by atoms with Crippen molar-refractivity contribution in [2.45, 2.75) is 26.3 Å². The van der Waals surface area contributed by atoms with E-state index in [1.807, 2.05) is 25.4 Å². The third-order valence-electron chi connectivity index (χ3n) is 5.81. The summed E-state index contributed by atoms with van der Waals surface area (Å²) in [5, 5.41) is 9.64. The van der Waals surface area contributed by atoms with Crippen molar-refractivity contribution >= 4 is 16.6 Å². The van der Waals surface area contributed by atoms with Crippen LogP contribution in [0, 0.1) is 11.3 Å². The Kier molecular flexibility index (Phi) is 4.26. The van der Waals surface area contributed by atoms with E-state index >= 15 is 0 Å². The highest BCUT2D eigenvalue weighted by Gasteiger charge is 2.20. The molecule has 29 heavy (non-hydrogen) atoms. The molecule has 1 heterocycles. The zero-order chi connectivity index (χ0) is 19.8. The number of nitrogens with zero attached hydrogens (tertiary/aromatic N) is 3. The minimum Gasteiger partial charge on any atom is -0.326 e. The van der Waals surface area contributed by atoms with Gasteiger partial charge in [0.05, 0.1) is 23.4 Å². The van der Waals surface area contributed by atoms with Crippen LogP contribution in [0.15, 0.2) is 78.6 Å². The van der Waals surface area contributed by atoms with Gasteiger partial charge < -0.3 is 4.57 Å². The van der Waals surface area contributed by atoms with E-state index in [0.717, 1.165) is 41.6 Å². The fourth-order valence-electron chi connectivity index (χ4n) is 4.39. The molecule has 0 atom stereocenters. The van der Waals surface area contributed by atoms with Crippen LogP contribution in [0.1, 0.15) is 34.7 Å². The SMILES string of the molecule is C/C(C#N)=C1\c2ccccc2CCc2cc(Cn3cnc4ccccc43)ccc21. The van der Waals surface area contributed by atoms with Crippen LogP contribution >= 0.6 is 0 Å². The number of allylic oxidation sites excluding steroid dienone is 1. The third-order valence-corrected chi connectivity index (χ3v) is 5.81. The number of para-hydroxylation sites is 2. The van der Waals surface area contributed by atoms with Crippen LogP contribution in [-0.2, 0) is 19.4 Å². The fraction of sp³-hybridized carbons (Fsp3) is 0.154. The second-order valence-corrected chi connectivity index (χ2v) is 7.62. The normalized spacial score (nSPS) is 14.6. The molecule has 3 heteroatoms. The standard InChI is InChI=1S/C26H21N3/c1-18(15-27)26-22-7-3-2-6-20(22)11-12-21-14-19(10-13-23(21)26)16-29-17-28-24-8-4-5-9-25(24)29/h2-10,13-14,17H,11-12,16H2,1H3/b26-18-. The van der Waals surface area contributed by atoms with Gasteiger partial charge >= 0.3 is 0 Å². The lowest BCUT2D eigenvalue weighted by atomic mass is 9.90. The topological polar surface area (TPSA) is 41.6 Å². The monoisotopic (exact) mass is 375 g/mol. The average Bonchev–Trinajstić information content (AvgIpc) is 3.08. The maximum absolute atomic E-state index is 9.64. The number of nitriles is 1. The predicted octanol–water partition coefficient (Wildman–Crippen LogP) is 5.53. The van der Waals surface area contributed by atoms with Crippen molar-refractivity contribution < 1.29 is 0 Å². The molecule has 0 spiro atoms. The highest BCUT2D eigenvalue weighted by Crippen LogP contribution is 2.36. The number of rotatable bonds is 2. The molecule has 0 N–H and O–H groups in total. The Morgan fingerprint density at radius 2 is 1.72 bits per heavy atom. The molecule has 0 unspecified atom stereocenters. The lowest BCUT2D eigenvalue weighted by molar-refractivity contribution is 0.821. The first-order valence-electron chi connectivity index (χ1n) is 9.96. The van der Waals surface area contributed by atoms with Crippen molar-refractivity contribution in [3.05, 3.63) is 106 Å². The molecule has 4 aromatic rings. The van der Waals surface area contributed by atoms with E-state index in [2.05, 4.69) is 70.2 Å². The number of aryl methyl sites for hydroxylation is 2. The van der Waals surface area contributed by atoms with Crippen LogP contribution in [0.4, 0.5) is 0 Å². The van der Waals surface area contributed by atoms with Gasteiger partial charge in [0.25, 0.3) is 0 Å². The molecule has 0 saturated carbocycles. The van der Waals surface area contributed by atoms with Crippen molar-refractivity contribution in [1.82, 2.24) is 9.55 Å². The molecule has 1 aliphatic rings. The molecule has 0 saturated heterocycles. The van der Waals surface area contributed by atoms with Gasteiger partial charge in [-0.1, -0.05) is 54.6 Å². The first-order chi connectivity index (χ1) is 14.2. The molecule has 3 nitrogen and oxygen atoms in total. The van der Waals surface area contributed by atoms with Crippen LogP contribution in [0.25, 0.3) is 16.6 Å². The quantitative estimate of drug-likeness (QED) is 0.432. The molecule has 0 radical (unpaired) electrons. The number of hydrogen-bond donors (Lipinski definition) is 0. The average molecular weight is 375 g/mol. The molecular formula is C26H21N3. The molecule has 0 amide bonds. The summed E-state index contributed by atoms with van der Waals surface area (Å²) in [6.07, 6.45) is 3.88. The maximum atomic E-state index is 9.64. The van der Waals surface area contributed by atoms with Crippen LogP contribution in [-0.4, -0.2) is 9.55 Å². The number of hydrogen-bond acceptors (Lipinski definition) is 2. The van der Waals surface area contributed by atoms with Gasteiger partial charge in [-0.15, -0.1) is 0 Å². The number of imidazole rings is 1. The minimum atomic E-state index is 0.772. The summed E-state index contributed by atoms with van der Waals surface area (Å²) in [6, 6.07) is 25.8. The number of aromatic nitrogens is 2. The predicted molar refractivity (Wildman–Crippen MR) is 116 cm³/mol. The molecule has 140 valence electrons. The van der Waals surface area contributed by atoms with Crippen LogP contribution in [0.3, 0.4) is 0 Å². The summed E-state index contributed by atoms with van der Waals surface area (Å²) in [5.74, 6) is 0. The van der Waals surface area contributed by atoms with Gasteiger partial charge in [0.2, 0.25) is 0 Å². The lowest BCUT2D eigenvalue weighted by Crippen LogP contribution is -2.01. The highest BCUT2D eigenvalue weighted by atomic mass is 15.0. The smallest absolute Gasteiger partial charge is 0.0961 e. The molecule has 3 aromatic carbocycles. The molecule has 0 bridgehead atoms. The summed E-state index contributed by atoms with van der Waals surface area (Å²) in [6.45, 7) is 2.71. The first kappa shape index (κ1) is 17.5. The zero-order valence-electron chi connectivity index (χ0n) is 16.4. The Balaban J connectivity index is 1.59. The van der Waals surface area contributed by atoms with E-state index in [1.165, 1.54) is 27.8 Å². The van der Waals surface area contributed by atoms with E-state index in [0.29, 0.717) is 0 Å². The number of fused-ring (bicyclic) bond motifs is 3. The van der Waals surface area contributed by atoms with Gasteiger partial charge in [-0.2, -0.15) is 5.26 Å². The highest BCUT2D eigenvalue weighted by molar-refractivity contribution is 5.87. The minimum absolute atomic E-state index is 0.772. The van der Waals surface area contributed by atoms with E-state index < -0.39 is 0 Å². The Labute approximate surface area is 170 Å². The van der Waals surface area contributed by atoms with E-state index in [1.54, 1.807) is 0 Å². The second kappa shape index (κ2) is 7.07. The Hall–Kier alpha value is -3.64. The molecule has 5 rings (SSSR count). The zero-order valence-corrected chi connectivity index (χ0v) is 16.4.